The highest BCUT2D eigenvalue weighted by atomic mass is 15.0. The van der Waals surface area contributed by atoms with Crippen molar-refractivity contribution < 1.29 is 0 Å². The summed E-state index contributed by atoms with van der Waals surface area (Å²) in [5.74, 6) is 3.29. The third-order valence-corrected chi connectivity index (χ3v) is 9.45. The van der Waals surface area contributed by atoms with Crippen LogP contribution in [0.4, 0.5) is 0 Å². The summed E-state index contributed by atoms with van der Waals surface area (Å²) in [5, 5.41) is 9.95. The van der Waals surface area contributed by atoms with Gasteiger partial charge in [-0.05, 0) is 46.5 Å². The minimum atomic E-state index is 0.436. The first kappa shape index (κ1) is 33.9. The fourth-order valence-corrected chi connectivity index (χ4v) is 6.59. The lowest BCUT2D eigenvalue weighted by atomic mass is 10.0. The monoisotopic (exact) mass is 717 g/mol. The number of nitriles is 1. The molecular weight excluding hydrogens is 687 g/mol. The van der Waals surface area contributed by atoms with E-state index in [0.717, 1.165) is 50.1 Å². The van der Waals surface area contributed by atoms with E-state index in [-0.39, 0.29) is 0 Å². The Kier molecular flexibility index (Phi) is 9.18. The lowest BCUT2D eigenvalue weighted by Crippen LogP contribution is -2.01. The van der Waals surface area contributed by atoms with Gasteiger partial charge >= 0.3 is 0 Å². The lowest BCUT2D eigenvalue weighted by molar-refractivity contribution is 1.07. The van der Waals surface area contributed by atoms with Crippen LogP contribution >= 0.6 is 0 Å². The number of hydrogen-bond donors (Lipinski definition) is 0. The summed E-state index contributed by atoms with van der Waals surface area (Å²) in [7, 11) is 0. The first-order valence-electron chi connectivity index (χ1n) is 18.2. The highest BCUT2D eigenvalue weighted by molar-refractivity contribution is 5.76. The minimum absolute atomic E-state index is 0.436. The van der Waals surface area contributed by atoms with Crippen LogP contribution in [-0.2, 0) is 0 Å². The van der Waals surface area contributed by atoms with Crippen molar-refractivity contribution in [2.75, 3.05) is 0 Å². The van der Waals surface area contributed by atoms with Gasteiger partial charge in [0.2, 0.25) is 0 Å². The quantitative estimate of drug-likeness (QED) is 0.154. The van der Waals surface area contributed by atoms with E-state index < -0.39 is 0 Å². The van der Waals surface area contributed by atoms with Crippen molar-refractivity contribution in [2.24, 2.45) is 0 Å². The Balaban J connectivity index is 1.09. The van der Waals surface area contributed by atoms with Crippen LogP contribution < -0.4 is 0 Å². The summed E-state index contributed by atoms with van der Waals surface area (Å²) >= 11 is 0. The maximum Gasteiger partial charge on any atom is 0.165 e. The zero-order valence-electron chi connectivity index (χ0n) is 30.0. The Morgan fingerprint density at radius 3 is 1.07 bits per heavy atom. The Hall–Kier alpha value is -7.95. The zero-order chi connectivity index (χ0) is 37.7. The summed E-state index contributed by atoms with van der Waals surface area (Å²) in [4.78, 5) is 29.5. The Labute approximate surface area is 324 Å². The third kappa shape index (κ3) is 7.06. The molecule has 7 heteroatoms. The van der Waals surface area contributed by atoms with E-state index in [2.05, 4.69) is 54.6 Å². The third-order valence-electron chi connectivity index (χ3n) is 9.45. The van der Waals surface area contributed by atoms with Crippen molar-refractivity contribution in [3.05, 3.63) is 194 Å². The zero-order valence-corrected chi connectivity index (χ0v) is 30.0. The average Bonchev–Trinajstić information content (AvgIpc) is 3.29. The van der Waals surface area contributed by atoms with Crippen LogP contribution in [0.25, 0.3) is 90.6 Å². The normalized spacial score (nSPS) is 10.8. The molecule has 0 unspecified atom stereocenters. The van der Waals surface area contributed by atoms with Crippen molar-refractivity contribution in [1.29, 1.82) is 5.26 Å². The number of hydrogen-bond acceptors (Lipinski definition) is 7. The van der Waals surface area contributed by atoms with Crippen LogP contribution in [0.1, 0.15) is 5.56 Å². The fraction of sp³-hybridized carbons (Fsp3) is 0. The number of aromatic nitrogens is 6. The van der Waals surface area contributed by atoms with Gasteiger partial charge in [-0.1, -0.05) is 164 Å². The molecule has 0 spiro atoms. The van der Waals surface area contributed by atoms with Gasteiger partial charge in [0.25, 0.3) is 0 Å². The van der Waals surface area contributed by atoms with Gasteiger partial charge in [-0.25, -0.2) is 29.9 Å². The second-order valence-electron chi connectivity index (χ2n) is 13.1. The molecule has 0 atom stereocenters. The van der Waals surface area contributed by atoms with Gasteiger partial charge in [0.1, 0.15) is 0 Å². The number of rotatable bonds is 8. The second kappa shape index (κ2) is 15.2. The smallest absolute Gasteiger partial charge is 0.165 e. The van der Waals surface area contributed by atoms with Crippen molar-refractivity contribution in [3.63, 3.8) is 0 Å². The van der Waals surface area contributed by atoms with E-state index in [4.69, 9.17) is 29.9 Å². The lowest BCUT2D eigenvalue weighted by Gasteiger charge is -2.11. The van der Waals surface area contributed by atoms with Gasteiger partial charge in [0, 0.05) is 33.4 Å². The molecule has 7 nitrogen and oxygen atoms in total. The molecule has 0 aliphatic carbocycles. The van der Waals surface area contributed by atoms with Crippen LogP contribution in [0, 0.1) is 11.3 Å². The Morgan fingerprint density at radius 2 is 0.589 bits per heavy atom. The van der Waals surface area contributed by atoms with E-state index in [1.807, 2.05) is 133 Å². The summed E-state index contributed by atoms with van der Waals surface area (Å²) < 4.78 is 0. The number of nitrogens with zero attached hydrogens (tertiary/aromatic N) is 7. The van der Waals surface area contributed by atoms with Crippen LogP contribution in [0.3, 0.4) is 0 Å². The molecule has 262 valence electrons. The molecule has 0 radical (unpaired) electrons. The molecule has 56 heavy (non-hydrogen) atoms. The van der Waals surface area contributed by atoms with Crippen LogP contribution in [-0.4, -0.2) is 29.9 Å². The fourth-order valence-electron chi connectivity index (χ4n) is 6.59. The maximum absolute atomic E-state index is 9.95. The summed E-state index contributed by atoms with van der Waals surface area (Å²) in [6.45, 7) is 0. The first-order valence-corrected chi connectivity index (χ1v) is 18.2. The molecule has 0 fully saturated rings. The predicted octanol–water partition coefficient (Wildman–Crippen LogP) is 11.3. The molecule has 0 amide bonds. The molecular formula is C49H31N7. The molecule has 0 aliphatic rings. The first-order chi connectivity index (χ1) is 27.7. The molecule has 2 aromatic heterocycles. The van der Waals surface area contributed by atoms with Gasteiger partial charge in [-0.15, -0.1) is 0 Å². The molecule has 9 aromatic rings. The minimum Gasteiger partial charge on any atom is -0.208 e. The SMILES string of the molecule is N#Cc1ccccc1-c1nc(-c2ccc(-c3cccc(-c4nc(-c5ccccc5)nc(-c5ccccc5)n4)c3)cc2)nc(-c2cccc(-c3ccccc3)c2)n1. The second-order valence-corrected chi connectivity index (χ2v) is 13.1. The Bertz CT molecular complexity index is 2790. The molecule has 0 N–H and O–H groups in total. The van der Waals surface area contributed by atoms with Crippen LogP contribution in [0.5, 0.6) is 0 Å². The summed E-state index contributed by atoms with van der Waals surface area (Å²) in [6.07, 6.45) is 0. The average molecular weight is 718 g/mol. The van der Waals surface area contributed by atoms with E-state index >= 15 is 0 Å². The van der Waals surface area contributed by atoms with Crippen LogP contribution in [0.2, 0.25) is 0 Å². The standard InChI is InChI=1S/C49H31N7/c50-32-42-20-10-11-25-43(42)49-55-46(54-48(56-49)41-24-12-21-38(30-41)33-14-4-1-5-15-33)37-28-26-34(27-29-37)39-22-13-23-40(31-39)47-52-44(35-16-6-2-7-17-35)51-45(53-47)36-18-8-3-9-19-36/h1-31H. The predicted molar refractivity (Wildman–Crippen MR) is 221 cm³/mol. The van der Waals surface area contributed by atoms with Gasteiger partial charge in [-0.2, -0.15) is 5.26 Å². The summed E-state index contributed by atoms with van der Waals surface area (Å²) in [5.41, 5.74) is 9.71. The highest BCUT2D eigenvalue weighted by Gasteiger charge is 2.16. The van der Waals surface area contributed by atoms with Crippen molar-refractivity contribution in [2.45, 2.75) is 0 Å². The van der Waals surface area contributed by atoms with Crippen molar-refractivity contribution in [1.82, 2.24) is 29.9 Å². The molecule has 7 aromatic carbocycles. The van der Waals surface area contributed by atoms with E-state index in [1.165, 1.54) is 0 Å². The molecule has 0 saturated heterocycles. The van der Waals surface area contributed by atoms with Crippen molar-refractivity contribution in [3.8, 4) is 96.7 Å². The molecule has 9 rings (SSSR count). The van der Waals surface area contributed by atoms with E-state index in [9.17, 15) is 5.26 Å². The van der Waals surface area contributed by atoms with E-state index in [0.29, 0.717) is 46.1 Å². The molecule has 0 saturated carbocycles. The van der Waals surface area contributed by atoms with Gasteiger partial charge < -0.3 is 0 Å². The molecule has 2 heterocycles. The largest absolute Gasteiger partial charge is 0.208 e. The van der Waals surface area contributed by atoms with Gasteiger partial charge in [0.05, 0.1) is 11.6 Å². The van der Waals surface area contributed by atoms with Gasteiger partial charge in [0.15, 0.2) is 34.9 Å². The highest BCUT2D eigenvalue weighted by Crippen LogP contribution is 2.32. The Morgan fingerprint density at radius 1 is 0.268 bits per heavy atom. The van der Waals surface area contributed by atoms with E-state index in [1.54, 1.807) is 6.07 Å². The molecule has 0 bridgehead atoms. The summed E-state index contributed by atoms with van der Waals surface area (Å²) in [6, 6.07) is 64.4. The van der Waals surface area contributed by atoms with Crippen LogP contribution in [0.15, 0.2) is 188 Å². The molecule has 0 aliphatic heterocycles. The topological polar surface area (TPSA) is 101 Å². The maximum atomic E-state index is 9.95. The number of benzene rings is 7. The van der Waals surface area contributed by atoms with Gasteiger partial charge in [-0.3, -0.25) is 0 Å². The van der Waals surface area contributed by atoms with Crippen molar-refractivity contribution >= 4 is 0 Å².